The van der Waals surface area contributed by atoms with E-state index in [9.17, 15) is 4.79 Å². The normalized spacial score (nSPS) is 21.9. The zero-order valence-electron chi connectivity index (χ0n) is 18.1. The molecule has 0 saturated heterocycles. The van der Waals surface area contributed by atoms with E-state index in [1.807, 2.05) is 25.3 Å². The van der Waals surface area contributed by atoms with Crippen LogP contribution in [0.3, 0.4) is 0 Å². The van der Waals surface area contributed by atoms with Crippen LogP contribution in [-0.4, -0.2) is 28.4 Å². The van der Waals surface area contributed by atoms with Crippen molar-refractivity contribution in [2.24, 2.45) is 16.8 Å². The van der Waals surface area contributed by atoms with E-state index in [4.69, 9.17) is 4.74 Å². The van der Waals surface area contributed by atoms with Crippen LogP contribution in [0.2, 0.25) is 0 Å². The molecular weight excluding hydrogens is 396 g/mol. The Kier molecular flexibility index (Phi) is 5.91. The maximum atomic E-state index is 12.8. The van der Waals surface area contributed by atoms with Crippen molar-refractivity contribution in [1.29, 1.82) is 0 Å². The second kappa shape index (κ2) is 8.46. The average Bonchev–Trinajstić information content (AvgIpc) is 3.37. The minimum Gasteiger partial charge on any atom is -0.488 e. The molecule has 1 aromatic carbocycles. The molecule has 1 fully saturated rings. The monoisotopic (exact) mass is 426 g/mol. The molecule has 7 heteroatoms. The lowest BCUT2D eigenvalue weighted by atomic mass is 9.92. The fraction of sp³-hybridized carbons (Fsp3) is 0.565. The molecule has 2 aliphatic rings. The van der Waals surface area contributed by atoms with Gasteiger partial charge in [-0.1, -0.05) is 51.2 Å². The number of nitrogens with zero attached hydrogens (tertiary/aromatic N) is 3. The van der Waals surface area contributed by atoms with Gasteiger partial charge in [0.2, 0.25) is 11.0 Å². The largest absolute Gasteiger partial charge is 0.488 e. The Morgan fingerprint density at radius 3 is 2.87 bits per heavy atom. The van der Waals surface area contributed by atoms with Gasteiger partial charge in [0.05, 0.1) is 6.10 Å². The molecule has 0 bridgehead atoms. The van der Waals surface area contributed by atoms with Crippen LogP contribution >= 0.6 is 11.3 Å². The number of amides is 1. The molecule has 0 spiro atoms. The summed E-state index contributed by atoms with van der Waals surface area (Å²) in [5.74, 6) is 1.09. The van der Waals surface area contributed by atoms with E-state index >= 15 is 0 Å². The molecule has 3 atom stereocenters. The number of hydrogen-bond acceptors (Lipinski definition) is 6. The first-order valence-corrected chi connectivity index (χ1v) is 11.6. The van der Waals surface area contributed by atoms with Crippen molar-refractivity contribution in [3.05, 3.63) is 28.8 Å². The van der Waals surface area contributed by atoms with E-state index < -0.39 is 0 Å². The summed E-state index contributed by atoms with van der Waals surface area (Å²) >= 11 is 1.45. The molecule has 1 aliphatic heterocycles. The Hall–Kier alpha value is -2.28. The molecule has 1 amide bonds. The number of hydrogen-bond donors (Lipinski definition) is 1. The third-order valence-corrected chi connectivity index (χ3v) is 7.25. The van der Waals surface area contributed by atoms with Gasteiger partial charge in [0.25, 0.3) is 0 Å². The lowest BCUT2D eigenvalue weighted by molar-refractivity contribution is -0.120. The third kappa shape index (κ3) is 4.56. The quantitative estimate of drug-likeness (QED) is 0.703. The third-order valence-electron chi connectivity index (χ3n) is 5.98. The highest BCUT2D eigenvalue weighted by Gasteiger charge is 2.34. The second-order valence-corrected chi connectivity index (χ2v) is 10.3. The van der Waals surface area contributed by atoms with E-state index in [1.165, 1.54) is 16.9 Å². The lowest BCUT2D eigenvalue weighted by Crippen LogP contribution is -2.26. The van der Waals surface area contributed by atoms with Crippen molar-refractivity contribution >= 4 is 34.3 Å². The summed E-state index contributed by atoms with van der Waals surface area (Å²) < 4.78 is 6.33. The maximum Gasteiger partial charge on any atom is 0.229 e. The van der Waals surface area contributed by atoms with Gasteiger partial charge in [-0.15, -0.1) is 10.2 Å². The topological polar surface area (TPSA) is 76.5 Å². The van der Waals surface area contributed by atoms with E-state index in [0.29, 0.717) is 11.0 Å². The second-order valence-electron chi connectivity index (χ2n) is 9.37. The fourth-order valence-corrected chi connectivity index (χ4v) is 4.92. The van der Waals surface area contributed by atoms with Gasteiger partial charge < -0.3 is 10.1 Å². The molecule has 2 aromatic rings. The van der Waals surface area contributed by atoms with Crippen LogP contribution in [0.5, 0.6) is 5.75 Å². The first kappa shape index (κ1) is 21.0. The Bertz CT molecular complexity index is 947. The van der Waals surface area contributed by atoms with Gasteiger partial charge in [0, 0.05) is 17.5 Å². The number of aromatic nitrogens is 2. The predicted molar refractivity (Wildman–Crippen MR) is 121 cm³/mol. The summed E-state index contributed by atoms with van der Waals surface area (Å²) in [4.78, 5) is 17.3. The summed E-state index contributed by atoms with van der Waals surface area (Å²) in [5, 5.41) is 12.8. The van der Waals surface area contributed by atoms with Crippen LogP contribution < -0.4 is 10.1 Å². The van der Waals surface area contributed by atoms with Gasteiger partial charge in [0.15, 0.2) is 0 Å². The molecule has 2 heterocycles. The van der Waals surface area contributed by atoms with Crippen molar-refractivity contribution in [3.63, 3.8) is 0 Å². The number of para-hydroxylation sites is 1. The van der Waals surface area contributed by atoms with E-state index in [1.54, 1.807) is 0 Å². The summed E-state index contributed by atoms with van der Waals surface area (Å²) in [6.07, 6.45) is 6.93. The Morgan fingerprint density at radius 2 is 2.10 bits per heavy atom. The zero-order chi connectivity index (χ0) is 21.3. The first-order chi connectivity index (χ1) is 14.3. The highest BCUT2D eigenvalue weighted by molar-refractivity contribution is 7.15. The molecule has 160 valence electrons. The number of rotatable bonds is 5. The van der Waals surface area contributed by atoms with Gasteiger partial charge in [0.1, 0.15) is 16.4 Å². The zero-order valence-corrected chi connectivity index (χ0v) is 19.0. The van der Waals surface area contributed by atoms with Crippen molar-refractivity contribution in [2.45, 2.75) is 71.3 Å². The van der Waals surface area contributed by atoms with Crippen LogP contribution in [0.4, 0.5) is 10.8 Å². The number of aryl methyl sites for hydroxylation is 1. The number of carbonyl (C=O) groups excluding carboxylic acids is 1. The average molecular weight is 427 g/mol. The highest BCUT2D eigenvalue weighted by Crippen LogP contribution is 2.39. The van der Waals surface area contributed by atoms with E-state index in [0.717, 1.165) is 48.5 Å². The minimum atomic E-state index is -0.0942. The van der Waals surface area contributed by atoms with Crippen molar-refractivity contribution in [3.8, 4) is 5.75 Å². The van der Waals surface area contributed by atoms with Crippen molar-refractivity contribution in [2.75, 3.05) is 5.32 Å². The number of nitrogens with one attached hydrogen (secondary N) is 1. The van der Waals surface area contributed by atoms with Gasteiger partial charge in [-0.3, -0.25) is 9.79 Å². The molecule has 30 heavy (non-hydrogen) atoms. The number of benzene rings is 1. The number of carbonyl (C=O) groups is 1. The number of fused-ring (bicyclic) bond motifs is 1. The molecule has 3 unspecified atom stereocenters. The summed E-state index contributed by atoms with van der Waals surface area (Å²) in [5.41, 5.74) is 2.16. The number of aliphatic imine (C=N–C) groups is 1. The Balaban J connectivity index is 1.35. The van der Waals surface area contributed by atoms with Crippen molar-refractivity contribution < 1.29 is 9.53 Å². The van der Waals surface area contributed by atoms with Crippen LogP contribution in [0, 0.1) is 11.8 Å². The molecule has 1 aromatic heterocycles. The number of anilines is 1. The molecular formula is C23H30N4O2S. The van der Waals surface area contributed by atoms with Gasteiger partial charge in [-0.25, -0.2) is 0 Å². The summed E-state index contributed by atoms with van der Waals surface area (Å²) in [6, 6.07) is 6.18. The summed E-state index contributed by atoms with van der Waals surface area (Å²) in [7, 11) is 0. The first-order valence-electron chi connectivity index (χ1n) is 10.8. The van der Waals surface area contributed by atoms with E-state index in [2.05, 4.69) is 47.3 Å². The smallest absolute Gasteiger partial charge is 0.229 e. The van der Waals surface area contributed by atoms with Crippen LogP contribution in [0.25, 0.3) is 0 Å². The molecule has 6 nitrogen and oxygen atoms in total. The standard InChI is InChI=1S/C23H30N4O2S/c1-14(20(28)25-22-27-26-21(30-22)23(2,3)4)16-10-11-17(13-16)29-18-9-5-7-15-8-6-12-24-19(15)18/h5,7,9,12,14,16-17H,6,8,10-11,13H2,1-4H3,(H,25,27,28). The minimum absolute atomic E-state index is 0.0129. The predicted octanol–water partition coefficient (Wildman–Crippen LogP) is 5.31. The summed E-state index contributed by atoms with van der Waals surface area (Å²) in [6.45, 7) is 8.28. The maximum absolute atomic E-state index is 12.8. The van der Waals surface area contributed by atoms with Crippen molar-refractivity contribution in [1.82, 2.24) is 10.2 Å². The van der Waals surface area contributed by atoms with Crippen LogP contribution in [0.1, 0.15) is 63.9 Å². The molecule has 0 radical (unpaired) electrons. The van der Waals surface area contributed by atoms with Gasteiger partial charge in [-0.2, -0.15) is 0 Å². The van der Waals surface area contributed by atoms with Crippen LogP contribution in [0.15, 0.2) is 23.2 Å². The Labute approximate surface area is 182 Å². The molecule has 4 rings (SSSR count). The molecule has 1 N–H and O–H groups in total. The SMILES string of the molecule is CC(C(=O)Nc1nnc(C(C)(C)C)s1)C1CCC(Oc2cccc3c2N=CCC3)C1. The van der Waals surface area contributed by atoms with E-state index in [-0.39, 0.29) is 23.3 Å². The fourth-order valence-electron chi connectivity index (χ4n) is 4.11. The molecule has 1 saturated carbocycles. The van der Waals surface area contributed by atoms with Crippen LogP contribution in [-0.2, 0) is 16.6 Å². The Morgan fingerprint density at radius 1 is 1.27 bits per heavy atom. The van der Waals surface area contributed by atoms with Gasteiger partial charge >= 0.3 is 0 Å². The lowest BCUT2D eigenvalue weighted by Gasteiger charge is -2.20. The number of ether oxygens (including phenoxy) is 1. The molecule has 1 aliphatic carbocycles. The highest BCUT2D eigenvalue weighted by atomic mass is 32.1. The van der Waals surface area contributed by atoms with Gasteiger partial charge in [-0.05, 0) is 49.7 Å².